The SMILES string of the molecule is Cc1ccc(S(=O)(=O)N2C[C@@H](CSc3ccccc3)[C@H](NN(c3ccccc3)c3ccccc3)C2)cc1. The van der Waals surface area contributed by atoms with E-state index in [9.17, 15) is 8.42 Å². The fourth-order valence-corrected chi connectivity index (χ4v) is 7.16. The molecule has 5 nitrogen and oxygen atoms in total. The zero-order valence-corrected chi connectivity index (χ0v) is 22.4. The Kier molecular flexibility index (Phi) is 7.96. The Hall–Kier alpha value is -3.10. The fraction of sp³-hybridized carbons (Fsp3) is 0.200. The van der Waals surface area contributed by atoms with Gasteiger partial charge in [-0.3, -0.25) is 5.01 Å². The number of nitrogens with one attached hydrogen (secondary N) is 1. The van der Waals surface area contributed by atoms with Crippen molar-refractivity contribution in [1.82, 2.24) is 9.73 Å². The highest BCUT2D eigenvalue weighted by molar-refractivity contribution is 7.99. The van der Waals surface area contributed by atoms with Crippen LogP contribution in [0.4, 0.5) is 11.4 Å². The minimum Gasteiger partial charge on any atom is -0.277 e. The lowest BCUT2D eigenvalue weighted by Gasteiger charge is -2.31. The molecule has 0 unspecified atom stereocenters. The van der Waals surface area contributed by atoms with Gasteiger partial charge in [0.15, 0.2) is 0 Å². The smallest absolute Gasteiger partial charge is 0.243 e. The van der Waals surface area contributed by atoms with E-state index < -0.39 is 10.0 Å². The Balaban J connectivity index is 1.43. The van der Waals surface area contributed by atoms with Crippen LogP contribution in [-0.4, -0.2) is 37.6 Å². The van der Waals surface area contributed by atoms with Gasteiger partial charge in [0.2, 0.25) is 10.0 Å². The highest BCUT2D eigenvalue weighted by Gasteiger charge is 2.40. The number of anilines is 2. The first kappa shape index (κ1) is 25.5. The standard InChI is InChI=1S/C30H31N3O2S2/c1-24-17-19-29(20-18-24)37(34,35)32-21-25(23-36-28-15-9-4-10-16-28)30(22-32)31-33(26-11-5-2-6-12-26)27-13-7-3-8-14-27/h2-20,25,30-31H,21-23H2,1H3/t25-,30+/m0/s1. The summed E-state index contributed by atoms with van der Waals surface area (Å²) in [5.41, 5.74) is 6.76. The number of benzene rings is 4. The van der Waals surface area contributed by atoms with Gasteiger partial charge in [-0.05, 0) is 55.5 Å². The van der Waals surface area contributed by atoms with Crippen molar-refractivity contribution in [3.8, 4) is 0 Å². The molecule has 37 heavy (non-hydrogen) atoms. The number of aryl methyl sites for hydroxylation is 1. The van der Waals surface area contributed by atoms with E-state index in [1.165, 1.54) is 4.90 Å². The van der Waals surface area contributed by atoms with Gasteiger partial charge in [-0.25, -0.2) is 13.8 Å². The second-order valence-electron chi connectivity index (χ2n) is 9.26. The molecule has 1 fully saturated rings. The van der Waals surface area contributed by atoms with E-state index in [0.29, 0.717) is 18.0 Å². The van der Waals surface area contributed by atoms with Crippen LogP contribution in [0.3, 0.4) is 0 Å². The Morgan fingerprint density at radius 3 is 1.89 bits per heavy atom. The maximum absolute atomic E-state index is 13.6. The summed E-state index contributed by atoms with van der Waals surface area (Å²) in [5, 5.41) is 2.08. The lowest BCUT2D eigenvalue weighted by molar-refractivity contribution is 0.456. The monoisotopic (exact) mass is 529 g/mol. The number of rotatable bonds is 9. The normalized spacial score (nSPS) is 18.1. The Bertz CT molecular complexity index is 1340. The van der Waals surface area contributed by atoms with Gasteiger partial charge >= 0.3 is 0 Å². The van der Waals surface area contributed by atoms with Crippen molar-refractivity contribution in [3.05, 3.63) is 121 Å². The molecule has 7 heteroatoms. The predicted octanol–water partition coefficient (Wildman–Crippen LogP) is 6.12. The number of hydrogen-bond acceptors (Lipinski definition) is 5. The van der Waals surface area contributed by atoms with Crippen LogP contribution in [0.2, 0.25) is 0 Å². The Morgan fingerprint density at radius 1 is 0.784 bits per heavy atom. The van der Waals surface area contributed by atoms with Crippen LogP contribution in [0.1, 0.15) is 5.56 Å². The van der Waals surface area contributed by atoms with Crippen LogP contribution in [-0.2, 0) is 10.0 Å². The van der Waals surface area contributed by atoms with Crippen molar-refractivity contribution in [2.24, 2.45) is 5.92 Å². The van der Waals surface area contributed by atoms with Crippen LogP contribution in [0, 0.1) is 12.8 Å². The fourth-order valence-electron chi connectivity index (χ4n) is 4.54. The van der Waals surface area contributed by atoms with Gasteiger partial charge in [-0.15, -0.1) is 11.8 Å². The highest BCUT2D eigenvalue weighted by Crippen LogP contribution is 2.32. The minimum atomic E-state index is -3.60. The van der Waals surface area contributed by atoms with Crippen LogP contribution >= 0.6 is 11.8 Å². The van der Waals surface area contributed by atoms with Gasteiger partial charge in [0.25, 0.3) is 0 Å². The molecule has 0 spiro atoms. The Labute approximate surface area is 224 Å². The van der Waals surface area contributed by atoms with Gasteiger partial charge in [0, 0.05) is 35.7 Å². The van der Waals surface area contributed by atoms with E-state index in [0.717, 1.165) is 22.7 Å². The van der Waals surface area contributed by atoms with Crippen molar-refractivity contribution in [1.29, 1.82) is 0 Å². The molecular formula is C30H31N3O2S2. The zero-order valence-electron chi connectivity index (χ0n) is 20.8. The molecule has 4 aromatic carbocycles. The molecule has 1 heterocycles. The maximum Gasteiger partial charge on any atom is 0.243 e. The lowest BCUT2D eigenvalue weighted by atomic mass is 10.1. The van der Waals surface area contributed by atoms with Crippen molar-refractivity contribution < 1.29 is 8.42 Å². The molecule has 1 aliphatic rings. The summed E-state index contributed by atoms with van der Waals surface area (Å²) in [6, 6.07) is 37.6. The molecule has 0 radical (unpaired) electrons. The van der Waals surface area contributed by atoms with E-state index in [1.807, 2.05) is 73.7 Å². The van der Waals surface area contributed by atoms with Gasteiger partial charge in [-0.1, -0.05) is 72.3 Å². The van der Waals surface area contributed by atoms with E-state index >= 15 is 0 Å². The van der Waals surface area contributed by atoms with Gasteiger partial charge in [-0.2, -0.15) is 4.31 Å². The predicted molar refractivity (Wildman–Crippen MR) is 153 cm³/mol. The summed E-state index contributed by atoms with van der Waals surface area (Å²) in [7, 11) is -3.60. The first-order chi connectivity index (χ1) is 18.0. The molecule has 4 aromatic rings. The maximum atomic E-state index is 13.6. The lowest BCUT2D eigenvalue weighted by Crippen LogP contribution is -2.47. The molecular weight excluding hydrogens is 498 g/mol. The summed E-state index contributed by atoms with van der Waals surface area (Å²) >= 11 is 1.77. The number of hydrogen-bond donors (Lipinski definition) is 1. The average Bonchev–Trinajstić information content (AvgIpc) is 3.36. The van der Waals surface area contributed by atoms with Crippen LogP contribution in [0.5, 0.6) is 0 Å². The number of sulfonamides is 1. The molecule has 1 aliphatic heterocycles. The molecule has 190 valence electrons. The van der Waals surface area contributed by atoms with Crippen molar-refractivity contribution >= 4 is 33.2 Å². The quantitative estimate of drug-likeness (QED) is 0.209. The third kappa shape index (κ3) is 6.08. The number of nitrogens with zero attached hydrogens (tertiary/aromatic N) is 2. The number of para-hydroxylation sites is 2. The second-order valence-corrected chi connectivity index (χ2v) is 12.3. The largest absolute Gasteiger partial charge is 0.277 e. The van der Waals surface area contributed by atoms with Crippen LogP contribution in [0.15, 0.2) is 125 Å². The molecule has 1 saturated heterocycles. The molecule has 0 aromatic heterocycles. The molecule has 0 saturated carbocycles. The summed E-state index contributed by atoms with van der Waals surface area (Å²) in [6.45, 7) is 2.82. The van der Waals surface area contributed by atoms with Crippen LogP contribution < -0.4 is 10.4 Å². The molecule has 5 rings (SSSR count). The zero-order chi connectivity index (χ0) is 25.7. The van der Waals surface area contributed by atoms with Gasteiger partial charge in [0.1, 0.15) is 0 Å². The first-order valence-corrected chi connectivity index (χ1v) is 14.8. The topological polar surface area (TPSA) is 52.7 Å². The van der Waals surface area contributed by atoms with Crippen molar-refractivity contribution in [3.63, 3.8) is 0 Å². The third-order valence-electron chi connectivity index (χ3n) is 6.60. The van der Waals surface area contributed by atoms with Crippen LogP contribution in [0.25, 0.3) is 0 Å². The molecule has 0 bridgehead atoms. The summed E-state index contributed by atoms with van der Waals surface area (Å²) < 4.78 is 28.9. The minimum absolute atomic E-state index is 0.0724. The third-order valence-corrected chi connectivity index (χ3v) is 9.64. The summed E-state index contributed by atoms with van der Waals surface area (Å²) in [6.07, 6.45) is 0. The van der Waals surface area contributed by atoms with Crippen molar-refractivity contribution in [2.45, 2.75) is 22.8 Å². The molecule has 2 atom stereocenters. The molecule has 1 N–H and O–H groups in total. The summed E-state index contributed by atoms with van der Waals surface area (Å²) in [5.74, 6) is 0.916. The number of hydrazine groups is 1. The molecule has 0 amide bonds. The highest BCUT2D eigenvalue weighted by atomic mass is 32.2. The van der Waals surface area contributed by atoms with E-state index in [4.69, 9.17) is 0 Å². The van der Waals surface area contributed by atoms with Gasteiger partial charge < -0.3 is 0 Å². The van der Waals surface area contributed by atoms with Crippen molar-refractivity contribution in [2.75, 3.05) is 23.9 Å². The molecule has 0 aliphatic carbocycles. The van der Waals surface area contributed by atoms with Gasteiger partial charge in [0.05, 0.1) is 16.3 Å². The average molecular weight is 530 g/mol. The first-order valence-electron chi connectivity index (χ1n) is 12.4. The Morgan fingerprint density at radius 2 is 1.32 bits per heavy atom. The van der Waals surface area contributed by atoms with E-state index in [2.05, 4.69) is 46.8 Å². The second kappa shape index (κ2) is 11.5. The summed E-state index contributed by atoms with van der Waals surface area (Å²) in [4.78, 5) is 1.53. The number of thioether (sulfide) groups is 1. The van der Waals surface area contributed by atoms with E-state index in [-0.39, 0.29) is 12.0 Å². The van der Waals surface area contributed by atoms with E-state index in [1.54, 1.807) is 28.2 Å².